The van der Waals surface area contributed by atoms with Crippen LogP contribution in [0.1, 0.15) is 0 Å². The van der Waals surface area contributed by atoms with E-state index in [-0.39, 0.29) is 0 Å². The lowest BCUT2D eigenvalue weighted by atomic mass is 9.91. The molecule has 3 heterocycles. The summed E-state index contributed by atoms with van der Waals surface area (Å²) in [6.07, 6.45) is 0. The Balaban J connectivity index is 1.28. The van der Waals surface area contributed by atoms with Gasteiger partial charge in [0.05, 0.1) is 0 Å². The van der Waals surface area contributed by atoms with E-state index in [1.807, 2.05) is 103 Å². The molecule has 0 saturated carbocycles. The molecule has 0 aliphatic rings. The Kier molecular flexibility index (Phi) is 6.42. The number of fused-ring (bicyclic) bond motifs is 6. The predicted molar refractivity (Wildman–Crippen MR) is 202 cm³/mol. The van der Waals surface area contributed by atoms with Crippen molar-refractivity contribution < 1.29 is 8.83 Å². The van der Waals surface area contributed by atoms with Crippen molar-refractivity contribution in [1.82, 2.24) is 15.0 Å². The number of aromatic nitrogens is 3. The molecular formula is C45H27N3O2. The van der Waals surface area contributed by atoms with E-state index in [1.54, 1.807) is 0 Å². The van der Waals surface area contributed by atoms with E-state index in [0.29, 0.717) is 17.5 Å². The van der Waals surface area contributed by atoms with Crippen LogP contribution >= 0.6 is 0 Å². The summed E-state index contributed by atoms with van der Waals surface area (Å²) in [4.78, 5) is 15.3. The molecule has 234 valence electrons. The minimum atomic E-state index is 0.580. The number of rotatable bonds is 5. The summed E-state index contributed by atoms with van der Waals surface area (Å²) < 4.78 is 12.8. The van der Waals surface area contributed by atoms with Crippen LogP contribution in [-0.4, -0.2) is 15.0 Å². The van der Waals surface area contributed by atoms with Gasteiger partial charge in [-0.3, -0.25) is 0 Å². The van der Waals surface area contributed by atoms with Crippen LogP contribution in [0.4, 0.5) is 0 Å². The molecular weight excluding hydrogens is 615 g/mol. The molecule has 0 spiro atoms. The average Bonchev–Trinajstić information content (AvgIpc) is 3.77. The highest BCUT2D eigenvalue weighted by Gasteiger charge is 2.21. The second kappa shape index (κ2) is 11.4. The third kappa shape index (κ3) is 4.60. The number of hydrogen-bond donors (Lipinski definition) is 0. The molecule has 0 N–H and O–H groups in total. The highest BCUT2D eigenvalue weighted by Crippen LogP contribution is 2.43. The van der Waals surface area contributed by atoms with Crippen LogP contribution in [0.25, 0.3) is 100 Å². The predicted octanol–water partition coefficient (Wildman–Crippen LogP) is 12.0. The van der Waals surface area contributed by atoms with Crippen molar-refractivity contribution in [2.24, 2.45) is 0 Å². The number of benzene rings is 7. The molecule has 0 aliphatic carbocycles. The largest absolute Gasteiger partial charge is 0.456 e. The van der Waals surface area contributed by atoms with Gasteiger partial charge in [0.25, 0.3) is 0 Å². The van der Waals surface area contributed by atoms with Gasteiger partial charge in [-0.05, 0) is 41.0 Å². The van der Waals surface area contributed by atoms with E-state index in [4.69, 9.17) is 23.8 Å². The van der Waals surface area contributed by atoms with E-state index < -0.39 is 0 Å². The zero-order valence-corrected chi connectivity index (χ0v) is 26.7. The quantitative estimate of drug-likeness (QED) is 0.187. The molecule has 10 aromatic rings. The smallest absolute Gasteiger partial charge is 0.164 e. The fourth-order valence-corrected chi connectivity index (χ4v) is 7.03. The van der Waals surface area contributed by atoms with Gasteiger partial charge in [0.15, 0.2) is 17.5 Å². The molecule has 0 radical (unpaired) electrons. The summed E-state index contributed by atoms with van der Waals surface area (Å²) in [5.74, 6) is 1.80. The molecule has 0 bridgehead atoms. The van der Waals surface area contributed by atoms with Gasteiger partial charge in [-0.2, -0.15) is 0 Å². The maximum absolute atomic E-state index is 6.49. The minimum absolute atomic E-state index is 0.580. The van der Waals surface area contributed by atoms with E-state index in [2.05, 4.69) is 60.7 Å². The minimum Gasteiger partial charge on any atom is -0.456 e. The third-order valence-corrected chi connectivity index (χ3v) is 9.37. The van der Waals surface area contributed by atoms with Crippen molar-refractivity contribution in [3.8, 4) is 56.4 Å². The van der Waals surface area contributed by atoms with E-state index in [0.717, 1.165) is 82.8 Å². The van der Waals surface area contributed by atoms with Crippen molar-refractivity contribution in [3.05, 3.63) is 164 Å². The molecule has 0 amide bonds. The Morgan fingerprint density at radius 3 is 1.62 bits per heavy atom. The zero-order chi connectivity index (χ0) is 33.0. The van der Waals surface area contributed by atoms with Gasteiger partial charge in [-0.1, -0.05) is 140 Å². The van der Waals surface area contributed by atoms with Crippen LogP contribution < -0.4 is 0 Å². The average molecular weight is 642 g/mol. The van der Waals surface area contributed by atoms with Gasteiger partial charge in [0.1, 0.15) is 22.3 Å². The molecule has 5 nitrogen and oxygen atoms in total. The van der Waals surface area contributed by atoms with Crippen molar-refractivity contribution in [2.45, 2.75) is 0 Å². The fraction of sp³-hybridized carbons (Fsp3) is 0. The van der Waals surface area contributed by atoms with Crippen molar-refractivity contribution in [1.29, 1.82) is 0 Å². The van der Waals surface area contributed by atoms with Crippen molar-refractivity contribution >= 4 is 43.9 Å². The van der Waals surface area contributed by atoms with Crippen LogP contribution in [-0.2, 0) is 0 Å². The van der Waals surface area contributed by atoms with E-state index >= 15 is 0 Å². The Labute approximate surface area is 287 Å². The molecule has 3 aromatic heterocycles. The first-order chi connectivity index (χ1) is 24.8. The van der Waals surface area contributed by atoms with Crippen molar-refractivity contribution in [3.63, 3.8) is 0 Å². The molecule has 7 aromatic carbocycles. The van der Waals surface area contributed by atoms with Gasteiger partial charge in [-0.25, -0.2) is 15.0 Å². The lowest BCUT2D eigenvalue weighted by Crippen LogP contribution is -2.01. The standard InChI is InChI=1S/C45H27N3O2/c1-3-13-28(14-4-1)43-46-44(29-15-5-2-6-16-29)48-45(47-43)37-27-30(31-19-11-21-35-33-17-7-9-22-38(33)50-42(31)35)25-26-32(37)34-20-12-24-40-41(34)36-18-8-10-23-39(36)49-40/h1-27H. The second-order valence-electron chi connectivity index (χ2n) is 12.4. The molecule has 5 heteroatoms. The molecule has 0 saturated heterocycles. The molecule has 0 aliphatic heterocycles. The topological polar surface area (TPSA) is 65.0 Å². The molecule has 10 rings (SSSR count). The summed E-state index contributed by atoms with van der Waals surface area (Å²) in [5, 5.41) is 4.29. The number of hydrogen-bond acceptors (Lipinski definition) is 5. The Morgan fingerprint density at radius 2 is 0.880 bits per heavy atom. The van der Waals surface area contributed by atoms with Crippen LogP contribution in [0.2, 0.25) is 0 Å². The fourth-order valence-electron chi connectivity index (χ4n) is 7.03. The Bertz CT molecular complexity index is 2810. The highest BCUT2D eigenvalue weighted by molar-refractivity contribution is 6.14. The molecule has 0 unspecified atom stereocenters. The Morgan fingerprint density at radius 1 is 0.320 bits per heavy atom. The summed E-state index contributed by atoms with van der Waals surface area (Å²) in [7, 11) is 0. The van der Waals surface area contributed by atoms with Gasteiger partial charge >= 0.3 is 0 Å². The number of nitrogens with zero attached hydrogens (tertiary/aromatic N) is 3. The normalized spacial score (nSPS) is 11.6. The van der Waals surface area contributed by atoms with Crippen LogP contribution in [0.5, 0.6) is 0 Å². The molecule has 0 atom stereocenters. The van der Waals surface area contributed by atoms with Crippen molar-refractivity contribution in [2.75, 3.05) is 0 Å². The number of para-hydroxylation sites is 3. The lowest BCUT2D eigenvalue weighted by molar-refractivity contribution is 0.669. The van der Waals surface area contributed by atoms with Crippen LogP contribution in [0, 0.1) is 0 Å². The highest BCUT2D eigenvalue weighted by atomic mass is 16.3. The first kappa shape index (κ1) is 28.2. The molecule has 50 heavy (non-hydrogen) atoms. The monoisotopic (exact) mass is 641 g/mol. The van der Waals surface area contributed by atoms with Crippen LogP contribution in [0.3, 0.4) is 0 Å². The van der Waals surface area contributed by atoms with Gasteiger partial charge < -0.3 is 8.83 Å². The second-order valence-corrected chi connectivity index (χ2v) is 12.4. The number of furan rings is 2. The zero-order valence-electron chi connectivity index (χ0n) is 26.7. The molecule has 0 fully saturated rings. The maximum atomic E-state index is 6.49. The lowest BCUT2D eigenvalue weighted by Gasteiger charge is -2.15. The van der Waals surface area contributed by atoms with Crippen LogP contribution in [0.15, 0.2) is 173 Å². The summed E-state index contributed by atoms with van der Waals surface area (Å²) in [5.41, 5.74) is 10.1. The van der Waals surface area contributed by atoms with E-state index in [9.17, 15) is 0 Å². The van der Waals surface area contributed by atoms with Gasteiger partial charge in [-0.15, -0.1) is 0 Å². The van der Waals surface area contributed by atoms with Gasteiger partial charge in [0, 0.05) is 43.8 Å². The maximum Gasteiger partial charge on any atom is 0.164 e. The SMILES string of the molecule is c1ccc(-c2nc(-c3ccccc3)nc(-c3cc(-c4cccc5c4oc4ccccc45)ccc3-c3cccc4oc5ccccc5c34)n2)cc1. The van der Waals surface area contributed by atoms with Gasteiger partial charge in [0.2, 0.25) is 0 Å². The summed E-state index contributed by atoms with van der Waals surface area (Å²) in [6.45, 7) is 0. The summed E-state index contributed by atoms with van der Waals surface area (Å²) >= 11 is 0. The summed E-state index contributed by atoms with van der Waals surface area (Å²) in [6, 6.07) is 55.6. The third-order valence-electron chi connectivity index (χ3n) is 9.37. The first-order valence-electron chi connectivity index (χ1n) is 16.6. The first-order valence-corrected chi connectivity index (χ1v) is 16.6. The van der Waals surface area contributed by atoms with E-state index in [1.165, 1.54) is 0 Å². The Hall–Kier alpha value is -6.85.